The van der Waals surface area contributed by atoms with Crippen LogP contribution in [0, 0.1) is 18.3 Å². The lowest BCUT2D eigenvalue weighted by molar-refractivity contribution is -0.117. The van der Waals surface area contributed by atoms with Crippen molar-refractivity contribution in [2.45, 2.75) is 13.5 Å². The third kappa shape index (κ3) is 5.80. The number of carbonyl (C=O) groups is 1. The quantitative estimate of drug-likeness (QED) is 0.571. The van der Waals surface area contributed by atoms with Gasteiger partial charge in [-0.3, -0.25) is 9.69 Å². The minimum atomic E-state index is -0.117. The Bertz CT molecular complexity index is 835. The normalized spacial score (nSPS) is 10.4. The van der Waals surface area contributed by atoms with Gasteiger partial charge in [-0.1, -0.05) is 18.2 Å². The van der Waals surface area contributed by atoms with Gasteiger partial charge in [0.1, 0.15) is 0 Å². The summed E-state index contributed by atoms with van der Waals surface area (Å²) in [5, 5.41) is 12.0. The monoisotopic (exact) mass is 475 g/mol. The number of anilines is 1. The number of nitrogens with one attached hydrogen (secondary N) is 1. The van der Waals surface area contributed by atoms with E-state index in [4.69, 9.17) is 5.26 Å². The zero-order valence-electron chi connectivity index (χ0n) is 14.4. The van der Waals surface area contributed by atoms with Gasteiger partial charge in [-0.15, -0.1) is 6.58 Å². The highest BCUT2D eigenvalue weighted by Gasteiger charge is 2.14. The molecule has 2 aromatic rings. The molecule has 134 valence electrons. The third-order valence-corrected chi connectivity index (χ3v) is 4.92. The molecule has 6 heteroatoms. The van der Waals surface area contributed by atoms with Crippen LogP contribution in [0.15, 0.2) is 58.0 Å². The van der Waals surface area contributed by atoms with Gasteiger partial charge in [0, 0.05) is 22.0 Å². The summed E-state index contributed by atoms with van der Waals surface area (Å²) in [6, 6.07) is 13.4. The lowest BCUT2D eigenvalue weighted by Crippen LogP contribution is -2.33. The first-order chi connectivity index (χ1) is 12.4. The summed E-state index contributed by atoms with van der Waals surface area (Å²) in [4.78, 5) is 14.5. The zero-order valence-corrected chi connectivity index (χ0v) is 17.6. The molecule has 0 spiro atoms. The second-order valence-corrected chi connectivity index (χ2v) is 7.63. The van der Waals surface area contributed by atoms with Crippen molar-refractivity contribution in [1.82, 2.24) is 4.90 Å². The van der Waals surface area contributed by atoms with Crippen molar-refractivity contribution in [2.24, 2.45) is 0 Å². The summed E-state index contributed by atoms with van der Waals surface area (Å²) in [5.41, 5.74) is 3.40. The molecular formula is C20H19Br2N3O. The van der Waals surface area contributed by atoms with Gasteiger partial charge in [0.15, 0.2) is 0 Å². The maximum absolute atomic E-state index is 12.5. The Balaban J connectivity index is 2.08. The molecule has 26 heavy (non-hydrogen) atoms. The van der Waals surface area contributed by atoms with Gasteiger partial charge < -0.3 is 5.32 Å². The molecule has 0 aliphatic carbocycles. The summed E-state index contributed by atoms with van der Waals surface area (Å²) in [7, 11) is 0. The fraction of sp³-hybridized carbons (Fsp3) is 0.200. The maximum atomic E-state index is 12.5. The number of carbonyl (C=O) groups excluding carboxylic acids is 1. The van der Waals surface area contributed by atoms with Crippen LogP contribution in [0.5, 0.6) is 0 Å². The molecule has 0 saturated carbocycles. The van der Waals surface area contributed by atoms with Crippen LogP contribution >= 0.6 is 31.9 Å². The predicted octanol–water partition coefficient (Wildman–Crippen LogP) is 5.02. The van der Waals surface area contributed by atoms with E-state index in [0.29, 0.717) is 24.3 Å². The molecule has 4 nitrogen and oxygen atoms in total. The Morgan fingerprint density at radius 1 is 1.31 bits per heavy atom. The number of rotatable bonds is 7. The van der Waals surface area contributed by atoms with E-state index in [2.05, 4.69) is 49.8 Å². The number of nitrogens with zero attached hydrogens (tertiary/aromatic N) is 2. The molecule has 0 aliphatic rings. The average Bonchev–Trinajstić information content (AvgIpc) is 2.58. The number of benzene rings is 2. The van der Waals surface area contributed by atoms with Crippen LogP contribution in [0.3, 0.4) is 0 Å². The molecule has 0 saturated heterocycles. The zero-order chi connectivity index (χ0) is 19.1. The van der Waals surface area contributed by atoms with Crippen LogP contribution in [0.4, 0.5) is 5.69 Å². The lowest BCUT2D eigenvalue weighted by atomic mass is 10.1. The van der Waals surface area contributed by atoms with Gasteiger partial charge in [0.05, 0.1) is 23.9 Å². The van der Waals surface area contributed by atoms with E-state index >= 15 is 0 Å². The third-order valence-electron chi connectivity index (χ3n) is 3.67. The van der Waals surface area contributed by atoms with Crippen LogP contribution in [-0.2, 0) is 11.3 Å². The molecule has 2 rings (SSSR count). The van der Waals surface area contributed by atoms with Gasteiger partial charge in [0.2, 0.25) is 5.91 Å². The largest absolute Gasteiger partial charge is 0.323 e. The highest BCUT2D eigenvalue weighted by molar-refractivity contribution is 9.11. The Kier molecular flexibility index (Phi) is 7.58. The second kappa shape index (κ2) is 9.67. The smallest absolute Gasteiger partial charge is 0.238 e. The first-order valence-corrected chi connectivity index (χ1v) is 9.59. The van der Waals surface area contributed by atoms with E-state index in [1.807, 2.05) is 42.2 Å². The van der Waals surface area contributed by atoms with Crippen molar-refractivity contribution in [3.8, 4) is 6.07 Å². The molecule has 0 aromatic heterocycles. The summed E-state index contributed by atoms with van der Waals surface area (Å²) in [6.45, 7) is 7.10. The number of hydrogen-bond acceptors (Lipinski definition) is 3. The first-order valence-electron chi connectivity index (χ1n) is 8.00. The van der Waals surface area contributed by atoms with E-state index in [9.17, 15) is 4.79 Å². The summed E-state index contributed by atoms with van der Waals surface area (Å²) >= 11 is 6.98. The van der Waals surface area contributed by atoms with Gasteiger partial charge in [-0.2, -0.15) is 5.26 Å². The van der Waals surface area contributed by atoms with Crippen molar-refractivity contribution in [1.29, 1.82) is 5.26 Å². The fourth-order valence-electron chi connectivity index (χ4n) is 2.57. The molecule has 0 heterocycles. The SMILES string of the molecule is C=CCN(CC(=O)Nc1c(Br)cc(C)cc1Br)Cc1cccc(C#N)c1. The van der Waals surface area contributed by atoms with Crippen molar-refractivity contribution >= 4 is 43.5 Å². The van der Waals surface area contributed by atoms with Crippen LogP contribution in [0.25, 0.3) is 0 Å². The maximum Gasteiger partial charge on any atom is 0.238 e. The summed E-state index contributed by atoms with van der Waals surface area (Å²) in [5.74, 6) is -0.117. The summed E-state index contributed by atoms with van der Waals surface area (Å²) in [6.07, 6.45) is 1.76. The van der Waals surface area contributed by atoms with Gasteiger partial charge in [0.25, 0.3) is 0 Å². The Morgan fingerprint density at radius 2 is 2.00 bits per heavy atom. The molecule has 0 atom stereocenters. The van der Waals surface area contributed by atoms with E-state index in [1.165, 1.54) is 0 Å². The number of amides is 1. The van der Waals surface area contributed by atoms with Gasteiger partial charge in [-0.05, 0) is 74.2 Å². The highest BCUT2D eigenvalue weighted by atomic mass is 79.9. The second-order valence-electron chi connectivity index (χ2n) is 5.92. The lowest BCUT2D eigenvalue weighted by Gasteiger charge is -2.21. The molecule has 2 aromatic carbocycles. The standard InChI is InChI=1S/C20H19Br2N3O/c1-3-7-25(12-16-6-4-5-15(10-16)11-23)13-19(26)24-20-17(21)8-14(2)9-18(20)22/h3-6,8-10H,1,7,12-13H2,2H3,(H,24,26). The Hall–Kier alpha value is -1.94. The van der Waals surface area contributed by atoms with Crippen LogP contribution in [0.1, 0.15) is 16.7 Å². The molecule has 1 N–H and O–H groups in total. The average molecular weight is 477 g/mol. The molecule has 0 aliphatic heterocycles. The number of hydrogen-bond donors (Lipinski definition) is 1. The minimum Gasteiger partial charge on any atom is -0.323 e. The van der Waals surface area contributed by atoms with Crippen LogP contribution < -0.4 is 5.32 Å². The van der Waals surface area contributed by atoms with Crippen molar-refractivity contribution in [3.63, 3.8) is 0 Å². The van der Waals surface area contributed by atoms with E-state index in [0.717, 1.165) is 20.1 Å². The van der Waals surface area contributed by atoms with Gasteiger partial charge >= 0.3 is 0 Å². The first kappa shape index (κ1) is 20.4. The molecule has 0 unspecified atom stereocenters. The number of nitriles is 1. The molecule has 1 amide bonds. The van der Waals surface area contributed by atoms with Crippen molar-refractivity contribution in [2.75, 3.05) is 18.4 Å². The van der Waals surface area contributed by atoms with Crippen LogP contribution in [0.2, 0.25) is 0 Å². The topological polar surface area (TPSA) is 56.1 Å². The predicted molar refractivity (Wildman–Crippen MR) is 112 cm³/mol. The van der Waals surface area contributed by atoms with E-state index in [1.54, 1.807) is 12.1 Å². The number of halogens is 2. The molecular weight excluding hydrogens is 458 g/mol. The summed E-state index contributed by atoms with van der Waals surface area (Å²) < 4.78 is 1.66. The van der Waals surface area contributed by atoms with E-state index in [-0.39, 0.29) is 12.5 Å². The number of aryl methyl sites for hydroxylation is 1. The molecule has 0 bridgehead atoms. The van der Waals surface area contributed by atoms with Crippen molar-refractivity contribution < 1.29 is 4.79 Å². The highest BCUT2D eigenvalue weighted by Crippen LogP contribution is 2.32. The molecule has 0 fully saturated rings. The Morgan fingerprint density at radius 3 is 2.62 bits per heavy atom. The van der Waals surface area contributed by atoms with Crippen LogP contribution in [-0.4, -0.2) is 23.9 Å². The van der Waals surface area contributed by atoms with E-state index < -0.39 is 0 Å². The van der Waals surface area contributed by atoms with Gasteiger partial charge in [-0.25, -0.2) is 0 Å². The molecule has 0 radical (unpaired) electrons. The fourth-order valence-corrected chi connectivity index (χ4v) is 4.18. The van der Waals surface area contributed by atoms with Crippen molar-refractivity contribution in [3.05, 3.63) is 74.7 Å². The minimum absolute atomic E-state index is 0.117. The Labute approximate surface area is 170 Å².